The topological polar surface area (TPSA) is 55.1 Å². The van der Waals surface area contributed by atoms with Crippen molar-refractivity contribution in [3.8, 4) is 0 Å². The van der Waals surface area contributed by atoms with E-state index in [9.17, 15) is 4.79 Å². The molecule has 1 aliphatic rings. The number of nitrogens with one attached hydrogen (secondary N) is 1. The maximum absolute atomic E-state index is 11.9. The predicted octanol–water partition coefficient (Wildman–Crippen LogP) is 3.35. The van der Waals surface area contributed by atoms with E-state index >= 15 is 0 Å². The summed E-state index contributed by atoms with van der Waals surface area (Å²) in [5, 5.41) is 3.17. The molecule has 0 spiro atoms. The first-order valence-electron chi connectivity index (χ1n) is 8.07. The summed E-state index contributed by atoms with van der Waals surface area (Å²) in [5.74, 6) is 0.805. The summed E-state index contributed by atoms with van der Waals surface area (Å²) in [6.45, 7) is 3.93. The Bertz CT molecular complexity index is 442. The van der Waals surface area contributed by atoms with Crippen LogP contribution in [0.25, 0.3) is 0 Å². The first kappa shape index (κ1) is 16.0. The number of carbonyl (C=O) groups is 1. The van der Waals surface area contributed by atoms with Crippen molar-refractivity contribution in [3.05, 3.63) is 35.9 Å². The fourth-order valence-corrected chi connectivity index (χ4v) is 3.03. The first-order chi connectivity index (χ1) is 9.94. The van der Waals surface area contributed by atoms with Crippen molar-refractivity contribution < 1.29 is 4.79 Å². The van der Waals surface area contributed by atoms with Gasteiger partial charge in [-0.3, -0.25) is 4.79 Å². The number of nitrogens with two attached hydrogens (primary N) is 1. The maximum Gasteiger partial charge on any atom is 0.220 e. The van der Waals surface area contributed by atoms with Crippen LogP contribution < -0.4 is 11.1 Å². The van der Waals surface area contributed by atoms with E-state index in [1.165, 1.54) is 5.56 Å². The van der Waals surface area contributed by atoms with Crippen molar-refractivity contribution in [2.45, 2.75) is 69.9 Å². The summed E-state index contributed by atoms with van der Waals surface area (Å²) in [7, 11) is 0. The molecule has 0 heterocycles. The smallest absolute Gasteiger partial charge is 0.220 e. The molecule has 0 atom stereocenters. The minimum absolute atomic E-state index is 0.150. The molecule has 0 radical (unpaired) electrons. The zero-order valence-corrected chi connectivity index (χ0v) is 13.3. The number of amides is 1. The number of carbonyl (C=O) groups excluding carboxylic acids is 1. The molecular weight excluding hydrogens is 260 g/mol. The van der Waals surface area contributed by atoms with Crippen molar-refractivity contribution in [2.24, 2.45) is 5.73 Å². The highest BCUT2D eigenvalue weighted by Crippen LogP contribution is 2.32. The lowest BCUT2D eigenvalue weighted by atomic mass is 9.82. The average Bonchev–Trinajstić information content (AvgIpc) is 2.46. The molecule has 3 heteroatoms. The largest absolute Gasteiger partial charge is 0.353 e. The Labute approximate surface area is 128 Å². The summed E-state index contributed by atoms with van der Waals surface area (Å²) in [6, 6.07) is 11.1. The van der Waals surface area contributed by atoms with Crippen LogP contribution in [-0.4, -0.2) is 17.5 Å². The van der Waals surface area contributed by atoms with Gasteiger partial charge in [0.2, 0.25) is 5.91 Å². The second-order valence-corrected chi connectivity index (χ2v) is 7.02. The zero-order valence-electron chi connectivity index (χ0n) is 13.3. The molecule has 1 saturated carbocycles. The SMILES string of the molecule is CC(C)(N)CCC(=O)NC1CCC(c2ccccc2)CC1. The van der Waals surface area contributed by atoms with E-state index in [-0.39, 0.29) is 11.4 Å². The molecule has 1 aromatic carbocycles. The van der Waals surface area contributed by atoms with Gasteiger partial charge in [-0.25, -0.2) is 0 Å². The second kappa shape index (κ2) is 7.08. The fraction of sp³-hybridized carbons (Fsp3) is 0.611. The van der Waals surface area contributed by atoms with Crippen molar-refractivity contribution in [3.63, 3.8) is 0 Å². The summed E-state index contributed by atoms with van der Waals surface area (Å²) < 4.78 is 0. The molecule has 0 unspecified atom stereocenters. The highest BCUT2D eigenvalue weighted by Gasteiger charge is 2.23. The normalized spacial score (nSPS) is 22.8. The Morgan fingerprint density at radius 3 is 2.38 bits per heavy atom. The van der Waals surface area contributed by atoms with Gasteiger partial charge in [-0.15, -0.1) is 0 Å². The maximum atomic E-state index is 11.9. The third-order valence-corrected chi connectivity index (χ3v) is 4.36. The van der Waals surface area contributed by atoms with Crippen LogP contribution in [0.4, 0.5) is 0 Å². The Morgan fingerprint density at radius 2 is 1.81 bits per heavy atom. The molecule has 2 rings (SSSR count). The molecule has 1 amide bonds. The van der Waals surface area contributed by atoms with Gasteiger partial charge < -0.3 is 11.1 Å². The molecule has 3 nitrogen and oxygen atoms in total. The lowest BCUT2D eigenvalue weighted by Crippen LogP contribution is -2.39. The molecule has 1 aromatic rings. The van der Waals surface area contributed by atoms with E-state index in [0.717, 1.165) is 32.1 Å². The molecule has 0 aliphatic heterocycles. The molecule has 0 saturated heterocycles. The predicted molar refractivity (Wildman–Crippen MR) is 87.1 cm³/mol. The third-order valence-electron chi connectivity index (χ3n) is 4.36. The van der Waals surface area contributed by atoms with Crippen molar-refractivity contribution in [2.75, 3.05) is 0 Å². The lowest BCUT2D eigenvalue weighted by molar-refractivity contribution is -0.122. The van der Waals surface area contributed by atoms with Crippen LogP contribution in [0.15, 0.2) is 30.3 Å². The van der Waals surface area contributed by atoms with Crippen LogP contribution in [0.3, 0.4) is 0 Å². The number of benzene rings is 1. The highest BCUT2D eigenvalue weighted by atomic mass is 16.1. The minimum Gasteiger partial charge on any atom is -0.353 e. The van der Waals surface area contributed by atoms with Gasteiger partial charge in [-0.2, -0.15) is 0 Å². The van der Waals surface area contributed by atoms with Gasteiger partial charge in [0.05, 0.1) is 0 Å². The molecule has 1 fully saturated rings. The van der Waals surface area contributed by atoms with Crippen molar-refractivity contribution in [1.29, 1.82) is 0 Å². The molecule has 116 valence electrons. The van der Waals surface area contributed by atoms with E-state index in [2.05, 4.69) is 35.6 Å². The molecule has 0 aromatic heterocycles. The van der Waals surface area contributed by atoms with Crippen LogP contribution in [0.5, 0.6) is 0 Å². The van der Waals surface area contributed by atoms with Gasteiger partial charge in [0.1, 0.15) is 0 Å². The summed E-state index contributed by atoms with van der Waals surface area (Å²) in [4.78, 5) is 11.9. The Morgan fingerprint density at radius 1 is 1.19 bits per heavy atom. The number of hydrogen-bond donors (Lipinski definition) is 2. The quantitative estimate of drug-likeness (QED) is 0.873. The van der Waals surface area contributed by atoms with Crippen LogP contribution in [0, 0.1) is 0 Å². The monoisotopic (exact) mass is 288 g/mol. The van der Waals surface area contributed by atoms with Crippen LogP contribution in [0.2, 0.25) is 0 Å². The fourth-order valence-electron chi connectivity index (χ4n) is 3.03. The van der Waals surface area contributed by atoms with E-state index in [1.54, 1.807) is 0 Å². The molecular formula is C18H28N2O. The van der Waals surface area contributed by atoms with Crippen LogP contribution >= 0.6 is 0 Å². The Balaban J connectivity index is 1.73. The van der Waals surface area contributed by atoms with Crippen molar-refractivity contribution >= 4 is 5.91 Å². The van der Waals surface area contributed by atoms with Gasteiger partial charge >= 0.3 is 0 Å². The van der Waals surface area contributed by atoms with Gasteiger partial charge in [-0.1, -0.05) is 30.3 Å². The van der Waals surface area contributed by atoms with E-state index in [1.807, 2.05) is 13.8 Å². The average molecular weight is 288 g/mol. The summed E-state index contributed by atoms with van der Waals surface area (Å²) >= 11 is 0. The molecule has 0 bridgehead atoms. The first-order valence-corrected chi connectivity index (χ1v) is 8.07. The van der Waals surface area contributed by atoms with Gasteiger partial charge in [-0.05, 0) is 57.4 Å². The van der Waals surface area contributed by atoms with Gasteiger partial charge in [0.15, 0.2) is 0 Å². The second-order valence-electron chi connectivity index (χ2n) is 7.02. The summed E-state index contributed by atoms with van der Waals surface area (Å²) in [6.07, 6.45) is 5.75. The molecule has 1 aliphatic carbocycles. The van der Waals surface area contributed by atoms with Crippen LogP contribution in [0.1, 0.15) is 63.9 Å². The summed E-state index contributed by atoms with van der Waals surface area (Å²) in [5.41, 5.74) is 7.10. The molecule has 21 heavy (non-hydrogen) atoms. The van der Waals surface area contributed by atoms with Crippen LogP contribution in [-0.2, 0) is 4.79 Å². The Kier molecular flexibility index (Phi) is 5.40. The Hall–Kier alpha value is -1.35. The number of rotatable bonds is 5. The standard InChI is InChI=1S/C18H28N2O/c1-18(2,19)13-12-17(21)20-16-10-8-15(9-11-16)14-6-4-3-5-7-14/h3-7,15-16H,8-13,19H2,1-2H3,(H,20,21). The van der Waals surface area contributed by atoms with E-state index in [4.69, 9.17) is 5.73 Å². The van der Waals surface area contributed by atoms with Gasteiger partial charge in [0, 0.05) is 18.0 Å². The van der Waals surface area contributed by atoms with Gasteiger partial charge in [0.25, 0.3) is 0 Å². The minimum atomic E-state index is -0.262. The number of hydrogen-bond acceptors (Lipinski definition) is 2. The zero-order chi connectivity index (χ0) is 15.3. The molecule has 3 N–H and O–H groups in total. The lowest BCUT2D eigenvalue weighted by Gasteiger charge is -2.29. The third kappa shape index (κ3) is 5.50. The van der Waals surface area contributed by atoms with E-state index in [0.29, 0.717) is 18.4 Å². The highest BCUT2D eigenvalue weighted by molar-refractivity contribution is 5.76. The van der Waals surface area contributed by atoms with Crippen molar-refractivity contribution in [1.82, 2.24) is 5.32 Å². The van der Waals surface area contributed by atoms with E-state index < -0.39 is 0 Å².